The topological polar surface area (TPSA) is 113 Å². The zero-order valence-electron chi connectivity index (χ0n) is 20.9. The number of hydrogen-bond acceptors (Lipinski definition) is 5. The van der Waals surface area contributed by atoms with Gasteiger partial charge in [0.2, 0.25) is 15.9 Å². The smallest absolute Gasteiger partial charge is 0.261 e. The van der Waals surface area contributed by atoms with Gasteiger partial charge < -0.3 is 5.32 Å². The first-order valence-corrected chi connectivity index (χ1v) is 14.7. The van der Waals surface area contributed by atoms with Crippen molar-refractivity contribution >= 4 is 43.0 Å². The Hall–Kier alpha value is -3.37. The molecule has 3 aromatic rings. The van der Waals surface area contributed by atoms with Gasteiger partial charge in [0.15, 0.2) is 0 Å². The molecule has 0 heterocycles. The van der Waals surface area contributed by atoms with E-state index in [1.165, 1.54) is 24.3 Å². The van der Waals surface area contributed by atoms with Crippen LogP contribution in [0.5, 0.6) is 0 Å². The fraction of sp³-hybridized carbons (Fsp3) is 0.269. The summed E-state index contributed by atoms with van der Waals surface area (Å²) in [6, 6.07) is 18.2. The van der Waals surface area contributed by atoms with Gasteiger partial charge in [0.05, 0.1) is 22.5 Å². The number of nitrogens with zero attached hydrogens (tertiary/aromatic N) is 1. The van der Waals surface area contributed by atoms with E-state index >= 15 is 0 Å². The van der Waals surface area contributed by atoms with Crippen LogP contribution >= 0.6 is 0 Å². The number of nitrogens with one attached hydrogen (secondary N) is 2. The molecular weight excluding hydrogens is 498 g/mol. The minimum Gasteiger partial charge on any atom is -0.325 e. The highest BCUT2D eigenvalue weighted by molar-refractivity contribution is 7.92. The zero-order valence-corrected chi connectivity index (χ0v) is 22.6. The van der Waals surface area contributed by atoms with Gasteiger partial charge in [0.25, 0.3) is 10.0 Å². The molecule has 0 radical (unpaired) electrons. The summed E-state index contributed by atoms with van der Waals surface area (Å²) in [6.07, 6.45) is 1.04. The molecule has 0 aliphatic rings. The number of rotatable bonds is 9. The lowest BCUT2D eigenvalue weighted by Crippen LogP contribution is -2.37. The maximum Gasteiger partial charge on any atom is 0.261 e. The van der Waals surface area contributed by atoms with Gasteiger partial charge in [0, 0.05) is 5.69 Å². The number of carbonyl (C=O) groups excluding carboxylic acids is 1. The van der Waals surface area contributed by atoms with Crippen LogP contribution < -0.4 is 14.3 Å². The number of carbonyl (C=O) groups is 1. The van der Waals surface area contributed by atoms with E-state index in [9.17, 15) is 21.6 Å². The Bertz CT molecular complexity index is 1450. The predicted octanol–water partition coefficient (Wildman–Crippen LogP) is 4.63. The first kappa shape index (κ1) is 27.2. The molecule has 0 saturated heterocycles. The van der Waals surface area contributed by atoms with Crippen LogP contribution in [0.25, 0.3) is 0 Å². The Morgan fingerprint density at radius 3 is 2.06 bits per heavy atom. The van der Waals surface area contributed by atoms with Gasteiger partial charge in [-0.2, -0.15) is 0 Å². The van der Waals surface area contributed by atoms with Crippen molar-refractivity contribution in [1.82, 2.24) is 0 Å². The number of hydrogen-bond donors (Lipinski definition) is 2. The standard InChI is InChI=1S/C26H31N3O5S2/c1-18(2)21-8-12-23(13-9-21)29(35(5,31)32)17-26(30)27-22-10-14-24(15-11-22)36(33,34)28-25-16-19(3)6-7-20(25)4/h6-16,18,28H,17H2,1-5H3,(H,27,30). The highest BCUT2D eigenvalue weighted by Crippen LogP contribution is 2.24. The molecule has 0 aliphatic heterocycles. The van der Waals surface area contributed by atoms with E-state index in [2.05, 4.69) is 10.0 Å². The van der Waals surface area contributed by atoms with Crippen molar-refractivity contribution in [2.45, 2.75) is 38.5 Å². The van der Waals surface area contributed by atoms with Crippen LogP contribution in [0, 0.1) is 13.8 Å². The Morgan fingerprint density at radius 1 is 0.889 bits per heavy atom. The van der Waals surface area contributed by atoms with Crippen LogP contribution in [0.15, 0.2) is 71.6 Å². The summed E-state index contributed by atoms with van der Waals surface area (Å²) < 4.78 is 53.9. The van der Waals surface area contributed by atoms with Crippen LogP contribution in [0.1, 0.15) is 36.5 Å². The Kier molecular flexibility index (Phi) is 8.10. The summed E-state index contributed by atoms with van der Waals surface area (Å²) in [7, 11) is -7.55. The maximum absolute atomic E-state index is 12.8. The van der Waals surface area contributed by atoms with E-state index in [0.717, 1.165) is 27.3 Å². The molecule has 0 atom stereocenters. The number of aryl methyl sites for hydroxylation is 2. The third kappa shape index (κ3) is 6.86. The van der Waals surface area contributed by atoms with Crippen molar-refractivity contribution in [3.63, 3.8) is 0 Å². The lowest BCUT2D eigenvalue weighted by atomic mass is 10.0. The second kappa shape index (κ2) is 10.7. The summed E-state index contributed by atoms with van der Waals surface area (Å²) in [6.45, 7) is 7.34. The van der Waals surface area contributed by atoms with Crippen LogP contribution in [0.3, 0.4) is 0 Å². The van der Waals surface area contributed by atoms with E-state index in [-0.39, 0.29) is 10.8 Å². The highest BCUT2D eigenvalue weighted by atomic mass is 32.2. The van der Waals surface area contributed by atoms with Crippen LogP contribution in [0.4, 0.5) is 17.1 Å². The van der Waals surface area contributed by atoms with Crippen molar-refractivity contribution in [1.29, 1.82) is 0 Å². The van der Waals surface area contributed by atoms with Gasteiger partial charge in [-0.25, -0.2) is 16.8 Å². The number of amides is 1. The number of anilines is 3. The predicted molar refractivity (Wildman–Crippen MR) is 145 cm³/mol. The Labute approximate surface area is 213 Å². The fourth-order valence-electron chi connectivity index (χ4n) is 3.52. The summed E-state index contributed by atoms with van der Waals surface area (Å²) in [4.78, 5) is 12.7. The lowest BCUT2D eigenvalue weighted by molar-refractivity contribution is -0.114. The summed E-state index contributed by atoms with van der Waals surface area (Å²) in [5.41, 5.74) is 4.00. The lowest BCUT2D eigenvalue weighted by Gasteiger charge is -2.22. The van der Waals surface area contributed by atoms with E-state index < -0.39 is 32.5 Å². The molecule has 2 N–H and O–H groups in total. The second-order valence-electron chi connectivity index (χ2n) is 9.01. The fourth-order valence-corrected chi connectivity index (χ4v) is 5.50. The summed E-state index contributed by atoms with van der Waals surface area (Å²) in [5.74, 6) is -0.269. The molecule has 0 spiro atoms. The molecule has 192 valence electrons. The molecule has 0 saturated carbocycles. The number of benzene rings is 3. The molecule has 36 heavy (non-hydrogen) atoms. The highest BCUT2D eigenvalue weighted by Gasteiger charge is 2.21. The van der Waals surface area contributed by atoms with E-state index in [1.807, 2.05) is 52.0 Å². The summed E-state index contributed by atoms with van der Waals surface area (Å²) in [5, 5.41) is 2.63. The van der Waals surface area contributed by atoms with Crippen molar-refractivity contribution < 1.29 is 21.6 Å². The number of sulfonamides is 2. The molecule has 0 aromatic heterocycles. The molecule has 1 amide bonds. The minimum atomic E-state index is -3.83. The summed E-state index contributed by atoms with van der Waals surface area (Å²) >= 11 is 0. The van der Waals surface area contributed by atoms with Gasteiger partial charge in [-0.15, -0.1) is 0 Å². The average Bonchev–Trinajstić information content (AvgIpc) is 2.79. The third-order valence-electron chi connectivity index (χ3n) is 5.62. The molecule has 3 aromatic carbocycles. The molecule has 0 aliphatic carbocycles. The second-order valence-corrected chi connectivity index (χ2v) is 12.6. The van der Waals surface area contributed by atoms with Gasteiger partial charge in [-0.1, -0.05) is 38.1 Å². The SMILES string of the molecule is Cc1ccc(C)c(NS(=O)(=O)c2ccc(NC(=O)CN(c3ccc(C(C)C)cc3)S(C)(=O)=O)cc2)c1. The molecule has 8 nitrogen and oxygen atoms in total. The zero-order chi connectivity index (χ0) is 26.7. The monoisotopic (exact) mass is 529 g/mol. The average molecular weight is 530 g/mol. The largest absolute Gasteiger partial charge is 0.325 e. The molecule has 3 rings (SSSR count). The molecule has 0 bridgehead atoms. The molecule has 10 heteroatoms. The van der Waals surface area contributed by atoms with Gasteiger partial charge in [-0.05, 0) is 78.9 Å². The van der Waals surface area contributed by atoms with Crippen molar-refractivity contribution in [3.05, 3.63) is 83.4 Å². The van der Waals surface area contributed by atoms with Crippen LogP contribution in [-0.2, 0) is 24.8 Å². The van der Waals surface area contributed by atoms with Crippen molar-refractivity contribution in [3.8, 4) is 0 Å². The van der Waals surface area contributed by atoms with Crippen molar-refractivity contribution in [2.75, 3.05) is 27.1 Å². The quantitative estimate of drug-likeness (QED) is 0.420. The van der Waals surface area contributed by atoms with Gasteiger partial charge in [-0.3, -0.25) is 13.8 Å². The first-order valence-electron chi connectivity index (χ1n) is 11.3. The van der Waals surface area contributed by atoms with E-state index in [0.29, 0.717) is 17.1 Å². The molecule has 0 fully saturated rings. The molecule has 0 unspecified atom stereocenters. The van der Waals surface area contributed by atoms with Crippen LogP contribution in [0.2, 0.25) is 0 Å². The minimum absolute atomic E-state index is 0.0319. The Balaban J connectivity index is 1.72. The van der Waals surface area contributed by atoms with Gasteiger partial charge >= 0.3 is 0 Å². The third-order valence-corrected chi connectivity index (χ3v) is 8.14. The normalized spacial score (nSPS) is 11.8. The van der Waals surface area contributed by atoms with Crippen LogP contribution in [-0.4, -0.2) is 35.5 Å². The maximum atomic E-state index is 12.8. The van der Waals surface area contributed by atoms with E-state index in [1.54, 1.807) is 18.2 Å². The van der Waals surface area contributed by atoms with Gasteiger partial charge in [0.1, 0.15) is 6.54 Å². The Morgan fingerprint density at radius 2 is 1.50 bits per heavy atom. The van der Waals surface area contributed by atoms with E-state index in [4.69, 9.17) is 0 Å². The molecular formula is C26H31N3O5S2. The van der Waals surface area contributed by atoms with Crippen molar-refractivity contribution in [2.24, 2.45) is 0 Å². The first-order chi connectivity index (χ1) is 16.8.